The van der Waals surface area contributed by atoms with Crippen LogP contribution in [0.25, 0.3) is 0 Å². The SMILES string of the molecule is CC(C)[C@@H]1C[C@@H]2[C@@H](C3OCCO3)C[C@H]1C[C@@H]2C. The van der Waals surface area contributed by atoms with Gasteiger partial charge in [-0.1, -0.05) is 20.8 Å². The molecule has 1 aliphatic heterocycles. The highest BCUT2D eigenvalue weighted by molar-refractivity contribution is 4.96. The minimum absolute atomic E-state index is 0.123. The van der Waals surface area contributed by atoms with Crippen LogP contribution in [0, 0.1) is 35.5 Å². The predicted octanol–water partition coefficient (Wildman–Crippen LogP) is 3.31. The molecule has 0 aromatic heterocycles. The summed E-state index contributed by atoms with van der Waals surface area (Å²) in [7, 11) is 0. The van der Waals surface area contributed by atoms with Crippen molar-refractivity contribution in [3.05, 3.63) is 0 Å². The fourth-order valence-electron chi connectivity index (χ4n) is 4.71. The molecule has 2 bridgehead atoms. The van der Waals surface area contributed by atoms with Gasteiger partial charge in [-0.05, 0) is 48.9 Å². The highest BCUT2D eigenvalue weighted by Gasteiger charge is 2.49. The van der Waals surface area contributed by atoms with Crippen molar-refractivity contribution in [2.75, 3.05) is 13.2 Å². The fourth-order valence-corrected chi connectivity index (χ4v) is 4.71. The molecule has 0 aromatic rings. The van der Waals surface area contributed by atoms with Gasteiger partial charge in [-0.3, -0.25) is 0 Å². The van der Waals surface area contributed by atoms with Crippen LogP contribution in [0.15, 0.2) is 0 Å². The second-order valence-corrected chi connectivity index (χ2v) is 6.79. The minimum atomic E-state index is 0.123. The zero-order chi connectivity index (χ0) is 12.0. The molecule has 0 aromatic carbocycles. The van der Waals surface area contributed by atoms with E-state index in [1.807, 2.05) is 0 Å². The van der Waals surface area contributed by atoms with Crippen LogP contribution in [-0.4, -0.2) is 19.5 Å². The Labute approximate surface area is 105 Å². The Hall–Kier alpha value is -0.0800. The molecule has 1 heterocycles. The summed E-state index contributed by atoms with van der Waals surface area (Å²) in [4.78, 5) is 0. The summed E-state index contributed by atoms with van der Waals surface area (Å²) in [5.41, 5.74) is 0. The van der Waals surface area contributed by atoms with E-state index in [0.29, 0.717) is 5.92 Å². The topological polar surface area (TPSA) is 18.5 Å². The second kappa shape index (κ2) is 4.55. The third-order valence-electron chi connectivity index (χ3n) is 5.53. The summed E-state index contributed by atoms with van der Waals surface area (Å²) in [5.74, 6) is 5.13. The maximum Gasteiger partial charge on any atom is 0.160 e. The lowest BCUT2D eigenvalue weighted by Gasteiger charge is -2.53. The quantitative estimate of drug-likeness (QED) is 0.735. The van der Waals surface area contributed by atoms with E-state index in [2.05, 4.69) is 20.8 Å². The maximum atomic E-state index is 5.77. The summed E-state index contributed by atoms with van der Waals surface area (Å²) in [5, 5.41) is 0. The highest BCUT2D eigenvalue weighted by atomic mass is 16.7. The van der Waals surface area contributed by atoms with Crippen LogP contribution in [-0.2, 0) is 9.47 Å². The van der Waals surface area contributed by atoms with Crippen LogP contribution < -0.4 is 0 Å². The van der Waals surface area contributed by atoms with Gasteiger partial charge in [-0.25, -0.2) is 0 Å². The Bertz CT molecular complexity index is 270. The van der Waals surface area contributed by atoms with E-state index in [-0.39, 0.29) is 6.29 Å². The van der Waals surface area contributed by atoms with Crippen LogP contribution in [0.1, 0.15) is 40.0 Å². The van der Waals surface area contributed by atoms with E-state index in [4.69, 9.17) is 9.47 Å². The number of hydrogen-bond acceptors (Lipinski definition) is 2. The fraction of sp³-hybridized carbons (Fsp3) is 1.00. The Morgan fingerprint density at radius 1 is 0.941 bits per heavy atom. The number of rotatable bonds is 2. The summed E-state index contributed by atoms with van der Waals surface area (Å²) >= 11 is 0. The van der Waals surface area contributed by atoms with Gasteiger partial charge in [0.15, 0.2) is 6.29 Å². The molecule has 0 radical (unpaired) electrons. The van der Waals surface area contributed by atoms with Crippen molar-refractivity contribution < 1.29 is 9.47 Å². The molecule has 2 heteroatoms. The van der Waals surface area contributed by atoms with Crippen molar-refractivity contribution in [2.45, 2.75) is 46.3 Å². The van der Waals surface area contributed by atoms with Crippen molar-refractivity contribution in [3.63, 3.8) is 0 Å². The smallest absolute Gasteiger partial charge is 0.160 e. The van der Waals surface area contributed by atoms with Crippen LogP contribution in [0.5, 0.6) is 0 Å². The number of ether oxygens (including phenoxy) is 2. The molecule has 0 spiro atoms. The van der Waals surface area contributed by atoms with Gasteiger partial charge in [0, 0.05) is 5.92 Å². The average Bonchev–Trinajstić information content (AvgIpc) is 2.81. The van der Waals surface area contributed by atoms with E-state index in [9.17, 15) is 0 Å². The van der Waals surface area contributed by atoms with Crippen molar-refractivity contribution >= 4 is 0 Å². The summed E-state index contributed by atoms with van der Waals surface area (Å²) in [6.45, 7) is 8.84. The Morgan fingerprint density at radius 3 is 2.24 bits per heavy atom. The Kier molecular flexibility index (Phi) is 3.20. The first-order valence-corrected chi connectivity index (χ1v) is 7.40. The third-order valence-corrected chi connectivity index (χ3v) is 5.53. The molecular weight excluding hydrogens is 212 g/mol. The molecule has 5 atom stereocenters. The van der Waals surface area contributed by atoms with Crippen molar-refractivity contribution in [2.24, 2.45) is 35.5 Å². The van der Waals surface area contributed by atoms with E-state index in [1.54, 1.807) is 0 Å². The first kappa shape index (κ1) is 12.0. The van der Waals surface area contributed by atoms with Gasteiger partial charge in [-0.2, -0.15) is 0 Å². The Morgan fingerprint density at radius 2 is 1.65 bits per heavy atom. The van der Waals surface area contributed by atoms with Crippen LogP contribution in [0.4, 0.5) is 0 Å². The third kappa shape index (κ3) is 2.04. The van der Waals surface area contributed by atoms with Crippen molar-refractivity contribution in [1.82, 2.24) is 0 Å². The molecule has 3 saturated carbocycles. The zero-order valence-corrected chi connectivity index (χ0v) is 11.4. The average molecular weight is 238 g/mol. The molecule has 4 fully saturated rings. The largest absolute Gasteiger partial charge is 0.350 e. The first-order valence-electron chi connectivity index (χ1n) is 7.40. The monoisotopic (exact) mass is 238 g/mol. The van der Waals surface area contributed by atoms with Gasteiger partial charge in [0.05, 0.1) is 13.2 Å². The molecule has 4 rings (SSSR count). The molecule has 0 amide bonds. The highest BCUT2D eigenvalue weighted by Crippen LogP contribution is 2.54. The molecule has 4 aliphatic rings. The van der Waals surface area contributed by atoms with E-state index in [0.717, 1.165) is 42.8 Å². The van der Waals surface area contributed by atoms with E-state index >= 15 is 0 Å². The lowest BCUT2D eigenvalue weighted by molar-refractivity contribution is -0.153. The maximum absolute atomic E-state index is 5.77. The van der Waals surface area contributed by atoms with Crippen LogP contribution >= 0.6 is 0 Å². The molecule has 2 nitrogen and oxygen atoms in total. The Balaban J connectivity index is 1.74. The van der Waals surface area contributed by atoms with E-state index < -0.39 is 0 Å². The van der Waals surface area contributed by atoms with Crippen LogP contribution in [0.2, 0.25) is 0 Å². The van der Waals surface area contributed by atoms with Gasteiger partial charge in [0.25, 0.3) is 0 Å². The van der Waals surface area contributed by atoms with Gasteiger partial charge >= 0.3 is 0 Å². The van der Waals surface area contributed by atoms with Crippen molar-refractivity contribution in [3.8, 4) is 0 Å². The molecule has 98 valence electrons. The molecule has 1 saturated heterocycles. The minimum Gasteiger partial charge on any atom is -0.350 e. The summed E-state index contributed by atoms with van der Waals surface area (Å²) in [6, 6.07) is 0. The molecule has 0 unspecified atom stereocenters. The molecule has 3 aliphatic carbocycles. The molecular formula is C15H26O2. The van der Waals surface area contributed by atoms with Gasteiger partial charge in [0.1, 0.15) is 0 Å². The van der Waals surface area contributed by atoms with Gasteiger partial charge in [0.2, 0.25) is 0 Å². The normalized spacial score (nSPS) is 46.9. The summed E-state index contributed by atoms with van der Waals surface area (Å²) < 4.78 is 11.5. The van der Waals surface area contributed by atoms with E-state index in [1.165, 1.54) is 19.3 Å². The number of fused-ring (bicyclic) bond motifs is 3. The van der Waals surface area contributed by atoms with Crippen molar-refractivity contribution in [1.29, 1.82) is 0 Å². The first-order chi connectivity index (χ1) is 8.16. The number of hydrogen-bond donors (Lipinski definition) is 0. The molecule has 0 N–H and O–H groups in total. The van der Waals surface area contributed by atoms with Crippen LogP contribution in [0.3, 0.4) is 0 Å². The molecule has 17 heavy (non-hydrogen) atoms. The lowest BCUT2D eigenvalue weighted by atomic mass is 9.54. The van der Waals surface area contributed by atoms with Gasteiger partial charge in [-0.15, -0.1) is 0 Å². The van der Waals surface area contributed by atoms with Gasteiger partial charge < -0.3 is 9.47 Å². The lowest BCUT2D eigenvalue weighted by Crippen LogP contribution is -2.48. The predicted molar refractivity (Wildman–Crippen MR) is 67.5 cm³/mol. The second-order valence-electron chi connectivity index (χ2n) is 6.79. The standard InChI is InChI=1S/C15H26O2/c1-9(2)12-8-13-10(3)6-11(12)7-14(13)15-16-4-5-17-15/h9-15H,4-8H2,1-3H3/t10-,11+,12-,13-,14-/m0/s1. The zero-order valence-electron chi connectivity index (χ0n) is 11.4. The summed E-state index contributed by atoms with van der Waals surface area (Å²) in [6.07, 6.45) is 4.33.